The van der Waals surface area contributed by atoms with Crippen molar-refractivity contribution in [3.8, 4) is 22.4 Å². The van der Waals surface area contributed by atoms with Gasteiger partial charge in [-0.1, -0.05) is 70.5 Å². The van der Waals surface area contributed by atoms with Crippen LogP contribution < -0.4 is 0 Å². The van der Waals surface area contributed by atoms with E-state index >= 15 is 0 Å². The summed E-state index contributed by atoms with van der Waals surface area (Å²) < 4.78 is 1.01. The molecule has 5 rings (SSSR count). The predicted octanol–water partition coefficient (Wildman–Crippen LogP) is 7.39. The molecule has 0 amide bonds. The molecular weight excluding hydrogens is 440 g/mol. The molecule has 144 valence electrons. The van der Waals surface area contributed by atoms with Crippen molar-refractivity contribution in [3.63, 3.8) is 0 Å². The zero-order chi connectivity index (χ0) is 20.7. The standard InChI is InChI=1S/C25H15BrN2O2/c26-19-11-8-17(9-12-19)22-15-24(18-5-3-6-20(14-18)28(29)30)27-23-13-10-16-4-1-2-7-21(16)25(22)23/h1-15H. The lowest BCUT2D eigenvalue weighted by molar-refractivity contribution is -0.384. The molecule has 4 aromatic carbocycles. The van der Waals surface area contributed by atoms with E-state index in [0.717, 1.165) is 42.8 Å². The molecule has 0 unspecified atom stereocenters. The Labute approximate surface area is 181 Å². The summed E-state index contributed by atoms with van der Waals surface area (Å²) in [7, 11) is 0. The molecular formula is C25H15BrN2O2. The predicted molar refractivity (Wildman–Crippen MR) is 124 cm³/mol. The van der Waals surface area contributed by atoms with Gasteiger partial charge >= 0.3 is 0 Å². The van der Waals surface area contributed by atoms with Crippen molar-refractivity contribution < 1.29 is 4.92 Å². The lowest BCUT2D eigenvalue weighted by Crippen LogP contribution is -1.93. The second-order valence-electron chi connectivity index (χ2n) is 7.05. The first kappa shape index (κ1) is 18.5. The molecule has 0 aliphatic heterocycles. The van der Waals surface area contributed by atoms with Crippen molar-refractivity contribution in [2.45, 2.75) is 0 Å². The van der Waals surface area contributed by atoms with Gasteiger partial charge in [0.1, 0.15) is 0 Å². The summed E-state index contributed by atoms with van der Waals surface area (Å²) in [6.45, 7) is 0. The normalized spacial score (nSPS) is 11.1. The van der Waals surface area contributed by atoms with Gasteiger partial charge in [0.25, 0.3) is 5.69 Å². The number of hydrogen-bond donors (Lipinski definition) is 0. The monoisotopic (exact) mass is 454 g/mol. The Bertz CT molecular complexity index is 1430. The van der Waals surface area contributed by atoms with E-state index in [1.165, 1.54) is 6.07 Å². The Balaban J connectivity index is 1.85. The van der Waals surface area contributed by atoms with Gasteiger partial charge in [0.05, 0.1) is 16.1 Å². The number of nitrogens with zero attached hydrogens (tertiary/aromatic N) is 2. The van der Waals surface area contributed by atoms with Crippen LogP contribution in [0.1, 0.15) is 0 Å². The smallest absolute Gasteiger partial charge is 0.258 e. The molecule has 5 heteroatoms. The maximum absolute atomic E-state index is 11.2. The van der Waals surface area contributed by atoms with Gasteiger partial charge < -0.3 is 0 Å². The summed E-state index contributed by atoms with van der Waals surface area (Å²) in [4.78, 5) is 15.7. The van der Waals surface area contributed by atoms with E-state index in [9.17, 15) is 10.1 Å². The van der Waals surface area contributed by atoms with Crippen LogP contribution in [0.3, 0.4) is 0 Å². The van der Waals surface area contributed by atoms with Crippen molar-refractivity contribution >= 4 is 43.3 Å². The number of nitro benzene ring substituents is 1. The van der Waals surface area contributed by atoms with Crippen molar-refractivity contribution in [2.24, 2.45) is 0 Å². The number of halogens is 1. The Hall–Kier alpha value is -3.57. The Morgan fingerprint density at radius 3 is 2.40 bits per heavy atom. The van der Waals surface area contributed by atoms with Crippen LogP contribution in [0.25, 0.3) is 44.1 Å². The van der Waals surface area contributed by atoms with Gasteiger partial charge in [-0.2, -0.15) is 0 Å². The van der Waals surface area contributed by atoms with Crippen LogP contribution in [0.5, 0.6) is 0 Å². The van der Waals surface area contributed by atoms with Crippen molar-refractivity contribution in [1.82, 2.24) is 4.98 Å². The number of pyridine rings is 1. The highest BCUT2D eigenvalue weighted by molar-refractivity contribution is 9.10. The van der Waals surface area contributed by atoms with E-state index in [-0.39, 0.29) is 10.6 Å². The van der Waals surface area contributed by atoms with Crippen LogP contribution in [-0.2, 0) is 0 Å². The fraction of sp³-hybridized carbons (Fsp3) is 0. The van der Waals surface area contributed by atoms with Gasteiger partial charge in [0, 0.05) is 27.6 Å². The first-order valence-corrected chi connectivity index (χ1v) is 10.2. The minimum Gasteiger partial charge on any atom is -0.258 e. The summed E-state index contributed by atoms with van der Waals surface area (Å²) in [6, 6.07) is 29.1. The fourth-order valence-corrected chi connectivity index (χ4v) is 4.06. The number of nitro groups is 1. The molecule has 0 radical (unpaired) electrons. The summed E-state index contributed by atoms with van der Waals surface area (Å²) in [5.74, 6) is 0. The third kappa shape index (κ3) is 3.23. The number of aromatic nitrogens is 1. The highest BCUT2D eigenvalue weighted by atomic mass is 79.9. The molecule has 0 aliphatic rings. The zero-order valence-corrected chi connectivity index (χ0v) is 17.3. The molecule has 0 N–H and O–H groups in total. The van der Waals surface area contributed by atoms with Gasteiger partial charge in [-0.15, -0.1) is 0 Å². The second kappa shape index (κ2) is 7.35. The molecule has 0 fully saturated rings. The number of fused-ring (bicyclic) bond motifs is 3. The molecule has 0 atom stereocenters. The van der Waals surface area contributed by atoms with Crippen LogP contribution in [0.4, 0.5) is 5.69 Å². The minimum absolute atomic E-state index is 0.0538. The third-order valence-electron chi connectivity index (χ3n) is 5.21. The highest BCUT2D eigenvalue weighted by Gasteiger charge is 2.14. The van der Waals surface area contributed by atoms with Gasteiger partial charge in [0.15, 0.2) is 0 Å². The summed E-state index contributed by atoms with van der Waals surface area (Å²) in [5, 5.41) is 14.6. The summed E-state index contributed by atoms with van der Waals surface area (Å²) >= 11 is 3.50. The Morgan fingerprint density at radius 2 is 1.60 bits per heavy atom. The van der Waals surface area contributed by atoms with E-state index < -0.39 is 0 Å². The van der Waals surface area contributed by atoms with E-state index in [0.29, 0.717) is 5.69 Å². The molecule has 30 heavy (non-hydrogen) atoms. The summed E-state index contributed by atoms with van der Waals surface area (Å²) in [6.07, 6.45) is 0. The van der Waals surface area contributed by atoms with Crippen molar-refractivity contribution in [1.29, 1.82) is 0 Å². The van der Waals surface area contributed by atoms with E-state index in [4.69, 9.17) is 4.98 Å². The van der Waals surface area contributed by atoms with Gasteiger partial charge in [-0.05, 0) is 46.2 Å². The molecule has 5 aromatic rings. The molecule has 0 spiro atoms. The molecule has 1 aromatic heterocycles. The van der Waals surface area contributed by atoms with Crippen LogP contribution in [0, 0.1) is 10.1 Å². The zero-order valence-electron chi connectivity index (χ0n) is 15.7. The number of non-ortho nitro benzene ring substituents is 1. The molecule has 1 heterocycles. The van der Waals surface area contributed by atoms with Crippen LogP contribution in [-0.4, -0.2) is 9.91 Å². The topological polar surface area (TPSA) is 56.0 Å². The lowest BCUT2D eigenvalue weighted by atomic mass is 9.94. The molecule has 4 nitrogen and oxygen atoms in total. The third-order valence-corrected chi connectivity index (χ3v) is 5.73. The van der Waals surface area contributed by atoms with Gasteiger partial charge in [0.2, 0.25) is 0 Å². The number of hydrogen-bond acceptors (Lipinski definition) is 3. The molecule has 0 saturated carbocycles. The summed E-state index contributed by atoms with van der Waals surface area (Å²) in [5.41, 5.74) is 4.45. The van der Waals surface area contributed by atoms with Gasteiger partial charge in [-0.25, -0.2) is 4.98 Å². The lowest BCUT2D eigenvalue weighted by Gasteiger charge is -2.13. The van der Waals surface area contributed by atoms with Crippen LogP contribution in [0.15, 0.2) is 95.5 Å². The first-order chi connectivity index (χ1) is 14.6. The minimum atomic E-state index is -0.381. The highest BCUT2D eigenvalue weighted by Crippen LogP contribution is 2.37. The van der Waals surface area contributed by atoms with E-state index in [1.807, 2.05) is 42.5 Å². The van der Waals surface area contributed by atoms with Crippen LogP contribution >= 0.6 is 15.9 Å². The van der Waals surface area contributed by atoms with Crippen molar-refractivity contribution in [3.05, 3.63) is 106 Å². The van der Waals surface area contributed by atoms with Crippen LogP contribution in [0.2, 0.25) is 0 Å². The average molecular weight is 455 g/mol. The Kier molecular flexibility index (Phi) is 4.52. The second-order valence-corrected chi connectivity index (χ2v) is 7.97. The molecule has 0 bridgehead atoms. The van der Waals surface area contributed by atoms with E-state index in [2.05, 4.69) is 46.3 Å². The average Bonchev–Trinajstić information content (AvgIpc) is 2.78. The number of benzene rings is 4. The van der Waals surface area contributed by atoms with Crippen molar-refractivity contribution in [2.75, 3.05) is 0 Å². The van der Waals surface area contributed by atoms with Gasteiger partial charge in [-0.3, -0.25) is 10.1 Å². The maximum atomic E-state index is 11.2. The molecule has 0 saturated heterocycles. The maximum Gasteiger partial charge on any atom is 0.270 e. The van der Waals surface area contributed by atoms with E-state index in [1.54, 1.807) is 12.1 Å². The Morgan fingerprint density at radius 1 is 0.800 bits per heavy atom. The fourth-order valence-electron chi connectivity index (χ4n) is 3.79. The number of rotatable bonds is 3. The quantitative estimate of drug-likeness (QED) is 0.162. The first-order valence-electron chi connectivity index (χ1n) is 9.43. The molecule has 0 aliphatic carbocycles. The SMILES string of the molecule is O=[N+]([O-])c1cccc(-c2cc(-c3ccc(Br)cc3)c3c(ccc4ccccc43)n2)c1. The largest absolute Gasteiger partial charge is 0.270 e.